The molecule has 7 nitrogen and oxygen atoms in total. The van der Waals surface area contributed by atoms with Crippen LogP contribution >= 0.6 is 0 Å². The van der Waals surface area contributed by atoms with E-state index in [0.717, 1.165) is 6.61 Å². The Morgan fingerprint density at radius 2 is 1.89 bits per heavy atom. The summed E-state index contributed by atoms with van der Waals surface area (Å²) in [6, 6.07) is 0.278. The van der Waals surface area contributed by atoms with Gasteiger partial charge in [-0.2, -0.15) is 15.0 Å². The quantitative estimate of drug-likeness (QED) is 0.671. The zero-order valence-corrected chi connectivity index (χ0v) is 11.4. The molecule has 0 aromatic carbocycles. The van der Waals surface area contributed by atoms with E-state index in [9.17, 15) is 0 Å². The molecule has 18 heavy (non-hydrogen) atoms. The summed E-state index contributed by atoms with van der Waals surface area (Å²) in [5, 5.41) is 5.91. The highest BCUT2D eigenvalue weighted by Crippen LogP contribution is 2.09. The highest BCUT2D eigenvalue weighted by molar-refractivity contribution is 5.35. The van der Waals surface area contributed by atoms with Gasteiger partial charge >= 0.3 is 6.01 Å². The second-order valence-electron chi connectivity index (χ2n) is 4.11. The predicted molar refractivity (Wildman–Crippen MR) is 70.1 cm³/mol. The molecule has 7 heteroatoms. The van der Waals surface area contributed by atoms with Gasteiger partial charge in [0.1, 0.15) is 0 Å². The van der Waals surface area contributed by atoms with Gasteiger partial charge in [0, 0.05) is 20.2 Å². The Bertz CT molecular complexity index is 337. The summed E-state index contributed by atoms with van der Waals surface area (Å²) < 4.78 is 10.4. The van der Waals surface area contributed by atoms with Gasteiger partial charge < -0.3 is 20.1 Å². The number of rotatable bonds is 8. The van der Waals surface area contributed by atoms with E-state index in [4.69, 9.17) is 9.47 Å². The van der Waals surface area contributed by atoms with Gasteiger partial charge in [0.15, 0.2) is 0 Å². The molecule has 0 saturated heterocycles. The average molecular weight is 255 g/mol. The van der Waals surface area contributed by atoms with Gasteiger partial charge in [0.2, 0.25) is 11.9 Å². The van der Waals surface area contributed by atoms with E-state index >= 15 is 0 Å². The predicted octanol–water partition coefficient (Wildman–Crippen LogP) is 1.01. The van der Waals surface area contributed by atoms with E-state index in [1.807, 2.05) is 0 Å². The molecule has 0 saturated carbocycles. The normalized spacial score (nSPS) is 10.5. The third-order valence-corrected chi connectivity index (χ3v) is 2.00. The first-order valence-electron chi connectivity index (χ1n) is 5.95. The van der Waals surface area contributed by atoms with Crippen molar-refractivity contribution in [1.29, 1.82) is 0 Å². The minimum atomic E-state index is 0.278. The van der Waals surface area contributed by atoms with Crippen LogP contribution < -0.4 is 15.4 Å². The van der Waals surface area contributed by atoms with E-state index in [1.54, 1.807) is 7.05 Å². The molecule has 0 aliphatic heterocycles. The number of hydrogen-bond donors (Lipinski definition) is 2. The second kappa shape index (κ2) is 7.65. The maximum Gasteiger partial charge on any atom is 0.322 e. The summed E-state index contributed by atoms with van der Waals surface area (Å²) in [5.74, 6) is 1.48. The lowest BCUT2D eigenvalue weighted by atomic mass is 10.2. The number of ether oxygens (including phenoxy) is 2. The smallest absolute Gasteiger partial charge is 0.322 e. The van der Waals surface area contributed by atoms with Crippen LogP contribution in [-0.2, 0) is 4.74 Å². The van der Waals surface area contributed by atoms with E-state index in [1.165, 1.54) is 7.11 Å². The molecule has 1 heterocycles. The van der Waals surface area contributed by atoms with E-state index in [0.29, 0.717) is 31.0 Å². The number of anilines is 2. The minimum Gasteiger partial charge on any atom is -0.467 e. The Labute approximate surface area is 107 Å². The molecule has 0 radical (unpaired) electrons. The van der Waals surface area contributed by atoms with Crippen LogP contribution in [0.1, 0.15) is 13.8 Å². The van der Waals surface area contributed by atoms with Crippen LogP contribution in [0.15, 0.2) is 0 Å². The molecular formula is C11H21N5O2. The molecule has 0 amide bonds. The van der Waals surface area contributed by atoms with Gasteiger partial charge in [-0.15, -0.1) is 0 Å². The van der Waals surface area contributed by atoms with Crippen molar-refractivity contribution in [2.24, 2.45) is 5.92 Å². The van der Waals surface area contributed by atoms with Crippen molar-refractivity contribution in [1.82, 2.24) is 15.0 Å². The van der Waals surface area contributed by atoms with E-state index in [-0.39, 0.29) is 6.01 Å². The number of nitrogens with one attached hydrogen (secondary N) is 2. The van der Waals surface area contributed by atoms with Gasteiger partial charge in [0.05, 0.1) is 13.7 Å². The molecule has 2 N–H and O–H groups in total. The number of aromatic nitrogens is 3. The monoisotopic (exact) mass is 255 g/mol. The van der Waals surface area contributed by atoms with Crippen LogP contribution in [0.3, 0.4) is 0 Å². The third-order valence-electron chi connectivity index (χ3n) is 2.00. The molecule has 0 fully saturated rings. The fourth-order valence-corrected chi connectivity index (χ4v) is 1.19. The first kappa shape index (κ1) is 14.4. The zero-order valence-electron chi connectivity index (χ0n) is 11.4. The zero-order chi connectivity index (χ0) is 13.4. The SMILES string of the molecule is CNc1nc(NCCOCC(C)C)nc(OC)n1. The Hall–Kier alpha value is -1.63. The number of hydrogen-bond acceptors (Lipinski definition) is 7. The highest BCUT2D eigenvalue weighted by atomic mass is 16.5. The summed E-state index contributed by atoms with van der Waals surface area (Å²) in [7, 11) is 3.26. The molecule has 102 valence electrons. The van der Waals surface area contributed by atoms with Crippen molar-refractivity contribution in [3.63, 3.8) is 0 Å². The number of nitrogens with zero attached hydrogens (tertiary/aromatic N) is 3. The van der Waals surface area contributed by atoms with Crippen molar-refractivity contribution in [3.05, 3.63) is 0 Å². The van der Waals surface area contributed by atoms with Crippen LogP contribution in [-0.4, -0.2) is 48.9 Å². The molecule has 0 bridgehead atoms. The Kier molecular flexibility index (Phi) is 6.13. The molecule has 1 aromatic heterocycles. The lowest BCUT2D eigenvalue weighted by Crippen LogP contribution is -2.14. The van der Waals surface area contributed by atoms with Crippen LogP contribution in [0.2, 0.25) is 0 Å². The van der Waals surface area contributed by atoms with Gasteiger partial charge in [-0.1, -0.05) is 13.8 Å². The Morgan fingerprint density at radius 3 is 2.50 bits per heavy atom. The van der Waals surface area contributed by atoms with Gasteiger partial charge in [0.25, 0.3) is 0 Å². The van der Waals surface area contributed by atoms with Gasteiger partial charge in [-0.25, -0.2) is 0 Å². The minimum absolute atomic E-state index is 0.278. The maximum atomic E-state index is 5.45. The van der Waals surface area contributed by atoms with Crippen LogP contribution in [0.4, 0.5) is 11.9 Å². The first-order chi connectivity index (χ1) is 8.65. The van der Waals surface area contributed by atoms with Crippen molar-refractivity contribution >= 4 is 11.9 Å². The summed E-state index contributed by atoms with van der Waals surface area (Å²) in [5.41, 5.74) is 0. The molecule has 1 aromatic rings. The molecule has 0 atom stereocenters. The summed E-state index contributed by atoms with van der Waals surface area (Å²) in [6.45, 7) is 6.24. The van der Waals surface area contributed by atoms with E-state index in [2.05, 4.69) is 39.4 Å². The summed E-state index contributed by atoms with van der Waals surface area (Å²) in [4.78, 5) is 12.2. The van der Waals surface area contributed by atoms with Crippen molar-refractivity contribution in [2.75, 3.05) is 44.5 Å². The Balaban J connectivity index is 2.41. The van der Waals surface area contributed by atoms with Crippen molar-refractivity contribution in [3.8, 4) is 6.01 Å². The third kappa shape index (κ3) is 5.13. The summed E-state index contributed by atoms with van der Waals surface area (Å²) >= 11 is 0. The molecule has 0 unspecified atom stereocenters. The molecular weight excluding hydrogens is 234 g/mol. The fraction of sp³-hybridized carbons (Fsp3) is 0.727. The lowest BCUT2D eigenvalue weighted by Gasteiger charge is -2.09. The summed E-state index contributed by atoms with van der Waals surface area (Å²) in [6.07, 6.45) is 0. The highest BCUT2D eigenvalue weighted by Gasteiger charge is 2.04. The van der Waals surface area contributed by atoms with Crippen LogP contribution in [0.5, 0.6) is 6.01 Å². The lowest BCUT2D eigenvalue weighted by molar-refractivity contribution is 0.118. The molecule has 0 aliphatic rings. The number of methoxy groups -OCH3 is 1. The van der Waals surface area contributed by atoms with Crippen molar-refractivity contribution in [2.45, 2.75) is 13.8 Å². The van der Waals surface area contributed by atoms with Crippen LogP contribution in [0, 0.1) is 5.92 Å². The largest absolute Gasteiger partial charge is 0.467 e. The van der Waals surface area contributed by atoms with E-state index < -0.39 is 0 Å². The van der Waals surface area contributed by atoms with Gasteiger partial charge in [-0.3, -0.25) is 0 Å². The second-order valence-corrected chi connectivity index (χ2v) is 4.11. The Morgan fingerprint density at radius 1 is 1.17 bits per heavy atom. The first-order valence-corrected chi connectivity index (χ1v) is 5.95. The maximum absolute atomic E-state index is 5.45. The fourth-order valence-electron chi connectivity index (χ4n) is 1.19. The molecule has 0 aliphatic carbocycles. The standard InChI is InChI=1S/C11H21N5O2/c1-8(2)7-18-6-5-13-10-14-9(12-3)15-11(16-10)17-4/h8H,5-7H2,1-4H3,(H2,12,13,14,15,16). The van der Waals surface area contributed by atoms with Crippen LogP contribution in [0.25, 0.3) is 0 Å². The van der Waals surface area contributed by atoms with Gasteiger partial charge in [-0.05, 0) is 5.92 Å². The van der Waals surface area contributed by atoms with Crippen molar-refractivity contribution < 1.29 is 9.47 Å². The topological polar surface area (TPSA) is 81.2 Å². The molecule has 0 spiro atoms. The molecule has 1 rings (SSSR count). The average Bonchev–Trinajstić information content (AvgIpc) is 2.37.